The number of carboxylic acid groups (broad SMARTS) is 1. The zero-order valence-corrected chi connectivity index (χ0v) is 26.0. The van der Waals surface area contributed by atoms with Crippen molar-refractivity contribution in [1.29, 1.82) is 0 Å². The van der Waals surface area contributed by atoms with Crippen molar-refractivity contribution in [3.8, 4) is 5.75 Å². The fourth-order valence-corrected chi connectivity index (χ4v) is 6.30. The third-order valence-electron chi connectivity index (χ3n) is 7.00. The lowest BCUT2D eigenvalue weighted by molar-refractivity contribution is -0.198. The average molecular weight is 643 g/mol. The van der Waals surface area contributed by atoms with Crippen LogP contribution in [0.5, 0.6) is 5.75 Å². The molecule has 0 aliphatic carbocycles. The Labute approximate surface area is 261 Å². The molecule has 11 nitrogen and oxygen atoms in total. The Morgan fingerprint density at radius 1 is 0.978 bits per heavy atom. The molecule has 1 saturated heterocycles. The first-order valence-electron chi connectivity index (χ1n) is 14.1. The van der Waals surface area contributed by atoms with Gasteiger partial charge in [-0.2, -0.15) is 4.31 Å². The highest BCUT2D eigenvalue weighted by Gasteiger charge is 2.52. The molecular formula is C32H35FN2O9S. The number of ether oxygens (including phenoxy) is 3. The Bertz CT molecular complexity index is 1660. The molecule has 0 unspecified atom stereocenters. The van der Waals surface area contributed by atoms with Gasteiger partial charge in [0.2, 0.25) is 10.0 Å². The van der Waals surface area contributed by atoms with Gasteiger partial charge in [0.05, 0.1) is 23.9 Å². The Balaban J connectivity index is 1.48. The number of nitrogens with zero attached hydrogens (tertiary/aromatic N) is 1. The molecule has 1 aliphatic heterocycles. The molecule has 0 bridgehead atoms. The molecule has 1 atom stereocenters. The standard InChI is InChI=1S/C32H35FN2O9S/c1-21(2)29(38)43-31(3,4)44-30(39)34-27(28(36)37)17-22-10-8-15-26(16-22)45(40,41)35-19-32(20-35,23-11-6-5-7-12-23)42-25-14-9-13-24(33)18-25/h5-16,18,21,27H,17,19-20H2,1-4H3,(H,34,39)(H,36,37)/t27-/m0/s1. The number of rotatable bonds is 12. The van der Waals surface area contributed by atoms with E-state index >= 15 is 0 Å². The van der Waals surface area contributed by atoms with Crippen molar-refractivity contribution in [3.63, 3.8) is 0 Å². The van der Waals surface area contributed by atoms with Crippen LogP contribution in [0.15, 0.2) is 83.8 Å². The molecule has 1 aliphatic rings. The van der Waals surface area contributed by atoms with Gasteiger partial charge < -0.3 is 24.6 Å². The minimum Gasteiger partial charge on any atom is -0.480 e. The van der Waals surface area contributed by atoms with E-state index in [0.29, 0.717) is 5.56 Å². The number of aliphatic carboxylic acids is 1. The normalized spacial score (nSPS) is 15.4. The van der Waals surface area contributed by atoms with Gasteiger partial charge in [0.1, 0.15) is 17.6 Å². The van der Waals surface area contributed by atoms with Gasteiger partial charge in [0.15, 0.2) is 5.60 Å². The van der Waals surface area contributed by atoms with Crippen LogP contribution in [0.4, 0.5) is 9.18 Å². The van der Waals surface area contributed by atoms with E-state index in [-0.39, 0.29) is 30.2 Å². The number of sulfonamides is 1. The van der Waals surface area contributed by atoms with Crippen LogP contribution in [0.25, 0.3) is 0 Å². The van der Waals surface area contributed by atoms with Crippen LogP contribution in [0, 0.1) is 11.7 Å². The van der Waals surface area contributed by atoms with Crippen LogP contribution in [0.1, 0.15) is 38.8 Å². The number of hydrogen-bond acceptors (Lipinski definition) is 8. The Morgan fingerprint density at radius 3 is 2.27 bits per heavy atom. The van der Waals surface area contributed by atoms with E-state index in [9.17, 15) is 32.3 Å². The molecule has 45 heavy (non-hydrogen) atoms. The summed E-state index contributed by atoms with van der Waals surface area (Å²) in [5, 5.41) is 12.0. The van der Waals surface area contributed by atoms with Crippen LogP contribution in [-0.4, -0.2) is 60.8 Å². The van der Waals surface area contributed by atoms with Crippen LogP contribution in [0.2, 0.25) is 0 Å². The maximum atomic E-state index is 13.9. The second-order valence-corrected chi connectivity index (χ2v) is 13.4. The molecule has 2 N–H and O–H groups in total. The number of amides is 1. The summed E-state index contributed by atoms with van der Waals surface area (Å²) in [6.45, 7) is 5.78. The summed E-state index contributed by atoms with van der Waals surface area (Å²) >= 11 is 0. The van der Waals surface area contributed by atoms with Crippen molar-refractivity contribution in [1.82, 2.24) is 9.62 Å². The highest BCUT2D eigenvalue weighted by atomic mass is 32.2. The van der Waals surface area contributed by atoms with E-state index in [2.05, 4.69) is 5.32 Å². The van der Waals surface area contributed by atoms with Gasteiger partial charge in [-0.1, -0.05) is 62.4 Å². The van der Waals surface area contributed by atoms with Crippen molar-refractivity contribution in [2.45, 2.75) is 56.4 Å². The van der Waals surface area contributed by atoms with E-state index in [1.54, 1.807) is 32.0 Å². The minimum absolute atomic E-state index is 0.0532. The Kier molecular flexibility index (Phi) is 9.83. The van der Waals surface area contributed by atoms with Crippen molar-refractivity contribution >= 4 is 28.1 Å². The molecule has 1 fully saturated rings. The van der Waals surface area contributed by atoms with Gasteiger partial charge in [-0.05, 0) is 35.4 Å². The summed E-state index contributed by atoms with van der Waals surface area (Å²) in [6.07, 6.45) is -1.40. The van der Waals surface area contributed by atoms with Crippen molar-refractivity contribution < 1.29 is 46.5 Å². The van der Waals surface area contributed by atoms with E-state index in [4.69, 9.17) is 14.2 Å². The van der Waals surface area contributed by atoms with Gasteiger partial charge in [-0.15, -0.1) is 0 Å². The maximum absolute atomic E-state index is 13.9. The Morgan fingerprint density at radius 2 is 1.64 bits per heavy atom. The first kappa shape index (κ1) is 33.4. The third-order valence-corrected chi connectivity index (χ3v) is 8.78. The number of esters is 1. The van der Waals surface area contributed by atoms with Gasteiger partial charge >= 0.3 is 18.0 Å². The monoisotopic (exact) mass is 642 g/mol. The lowest BCUT2D eigenvalue weighted by atomic mass is 9.87. The van der Waals surface area contributed by atoms with Gasteiger partial charge in [-0.25, -0.2) is 22.4 Å². The SMILES string of the molecule is CC(C)C(=O)OC(C)(C)OC(=O)N[C@@H](Cc1cccc(S(=O)(=O)N2CC(Oc3cccc(F)c3)(c3ccccc3)C2)c1)C(=O)O. The van der Waals surface area contributed by atoms with Gasteiger partial charge in [0, 0.05) is 26.3 Å². The molecule has 3 aromatic rings. The molecule has 13 heteroatoms. The predicted octanol–water partition coefficient (Wildman–Crippen LogP) is 4.46. The largest absolute Gasteiger partial charge is 0.480 e. The molecule has 0 spiro atoms. The smallest absolute Gasteiger partial charge is 0.411 e. The molecule has 0 saturated carbocycles. The lowest BCUT2D eigenvalue weighted by Crippen LogP contribution is -2.64. The summed E-state index contributed by atoms with van der Waals surface area (Å²) in [6, 6.07) is 18.9. The first-order valence-corrected chi connectivity index (χ1v) is 15.6. The van der Waals surface area contributed by atoms with Gasteiger partial charge in [-0.3, -0.25) is 4.79 Å². The number of benzene rings is 3. The quantitative estimate of drug-likeness (QED) is 0.216. The molecule has 0 radical (unpaired) electrons. The highest BCUT2D eigenvalue weighted by molar-refractivity contribution is 7.89. The van der Waals surface area contributed by atoms with Crippen molar-refractivity contribution in [2.75, 3.05) is 13.1 Å². The number of carbonyl (C=O) groups is 3. The minimum atomic E-state index is -4.05. The third kappa shape index (κ3) is 8.17. The van der Waals surface area contributed by atoms with Gasteiger partial charge in [0.25, 0.3) is 5.79 Å². The second kappa shape index (κ2) is 13.2. The summed E-state index contributed by atoms with van der Waals surface area (Å²) in [5.74, 6) is -4.36. The molecule has 0 aromatic heterocycles. The van der Waals surface area contributed by atoms with Crippen molar-refractivity contribution in [2.24, 2.45) is 5.92 Å². The fourth-order valence-electron chi connectivity index (χ4n) is 4.69. The molecule has 3 aromatic carbocycles. The van der Waals surface area contributed by atoms with Crippen LogP contribution in [0.3, 0.4) is 0 Å². The zero-order valence-electron chi connectivity index (χ0n) is 25.2. The fraction of sp³-hybridized carbons (Fsp3) is 0.344. The summed E-state index contributed by atoms with van der Waals surface area (Å²) in [4.78, 5) is 36.3. The molecular weight excluding hydrogens is 607 g/mol. The summed E-state index contributed by atoms with van der Waals surface area (Å²) < 4.78 is 58.8. The summed E-state index contributed by atoms with van der Waals surface area (Å²) in [5.41, 5.74) is -0.0191. The lowest BCUT2D eigenvalue weighted by Gasteiger charge is -2.48. The predicted molar refractivity (Wildman–Crippen MR) is 160 cm³/mol. The number of halogens is 1. The van der Waals surface area contributed by atoms with Crippen molar-refractivity contribution in [3.05, 3.63) is 95.8 Å². The Hall–Kier alpha value is -4.49. The first-order chi connectivity index (χ1) is 21.1. The molecule has 1 amide bonds. The number of alkyl carbamates (subject to hydrolysis) is 1. The van der Waals surface area contributed by atoms with E-state index in [1.807, 2.05) is 18.2 Å². The molecule has 240 valence electrons. The van der Waals surface area contributed by atoms with E-state index in [0.717, 1.165) is 5.56 Å². The van der Waals surface area contributed by atoms with Crippen LogP contribution in [-0.2, 0) is 41.1 Å². The highest BCUT2D eigenvalue weighted by Crippen LogP contribution is 2.40. The molecule has 1 heterocycles. The van der Waals surface area contributed by atoms with E-state index in [1.165, 1.54) is 60.6 Å². The van der Waals surface area contributed by atoms with Crippen LogP contribution >= 0.6 is 0 Å². The number of carbonyl (C=O) groups excluding carboxylic acids is 2. The number of carboxylic acids is 1. The summed E-state index contributed by atoms with van der Waals surface area (Å²) in [7, 11) is -4.05. The zero-order chi connectivity index (χ0) is 33.0. The topological polar surface area (TPSA) is 149 Å². The molecule has 4 rings (SSSR count). The maximum Gasteiger partial charge on any atom is 0.411 e. The average Bonchev–Trinajstić information content (AvgIpc) is 2.94. The second-order valence-electron chi connectivity index (χ2n) is 11.4. The van der Waals surface area contributed by atoms with E-state index < -0.39 is 57.2 Å². The number of hydrogen-bond donors (Lipinski definition) is 2. The van der Waals surface area contributed by atoms with Crippen LogP contribution < -0.4 is 10.1 Å². The number of nitrogens with one attached hydrogen (secondary N) is 1.